The number of nitrogens with one attached hydrogen (secondary N) is 2. The van der Waals surface area contributed by atoms with Crippen LogP contribution in [0.1, 0.15) is 37.3 Å². The number of carbonyl (C=O) groups excluding carboxylic acids is 2. The van der Waals surface area contributed by atoms with Crippen molar-refractivity contribution in [3.05, 3.63) is 40.8 Å². The first-order chi connectivity index (χ1) is 12.7. The van der Waals surface area contributed by atoms with Gasteiger partial charge in [-0.2, -0.15) is 0 Å². The molecule has 2 heterocycles. The van der Waals surface area contributed by atoms with Crippen molar-refractivity contribution < 1.29 is 18.0 Å². The van der Waals surface area contributed by atoms with Gasteiger partial charge in [0.05, 0.1) is 11.7 Å². The van der Waals surface area contributed by atoms with Crippen LogP contribution in [0, 0.1) is 0 Å². The van der Waals surface area contributed by atoms with E-state index < -0.39 is 10.0 Å². The van der Waals surface area contributed by atoms with E-state index in [0.29, 0.717) is 18.7 Å². The maximum atomic E-state index is 12.8. The molecule has 1 aliphatic rings. The van der Waals surface area contributed by atoms with Gasteiger partial charge >= 0.3 is 0 Å². The molecular formula is C18H21N3O4S2. The zero-order chi connectivity index (χ0) is 19.8. The lowest BCUT2D eigenvalue weighted by molar-refractivity contribution is -0.119. The molecule has 2 aromatic rings. The van der Waals surface area contributed by atoms with E-state index in [-0.39, 0.29) is 22.1 Å². The number of hydrogen-bond acceptors (Lipinski definition) is 5. The molecule has 0 bridgehead atoms. The molecule has 1 atom stereocenters. The van der Waals surface area contributed by atoms with Gasteiger partial charge in [0, 0.05) is 36.5 Å². The van der Waals surface area contributed by atoms with Crippen molar-refractivity contribution >= 4 is 44.5 Å². The summed E-state index contributed by atoms with van der Waals surface area (Å²) in [6.07, 6.45) is 0.600. The fourth-order valence-electron chi connectivity index (χ4n) is 3.14. The Hall–Kier alpha value is -2.39. The van der Waals surface area contributed by atoms with Crippen molar-refractivity contribution in [2.24, 2.45) is 0 Å². The number of anilines is 2. The number of rotatable bonds is 5. The van der Waals surface area contributed by atoms with E-state index in [0.717, 1.165) is 27.5 Å². The Kier molecular flexibility index (Phi) is 5.25. The largest absolute Gasteiger partial charge is 0.349 e. The number of fused-ring (bicyclic) bond motifs is 1. The highest BCUT2D eigenvalue weighted by molar-refractivity contribution is 7.94. The van der Waals surface area contributed by atoms with Crippen LogP contribution < -0.4 is 14.9 Å². The third kappa shape index (κ3) is 3.98. The van der Waals surface area contributed by atoms with E-state index >= 15 is 0 Å². The molecule has 0 radical (unpaired) electrons. The van der Waals surface area contributed by atoms with E-state index in [1.54, 1.807) is 30.0 Å². The monoisotopic (exact) mass is 407 g/mol. The normalized spacial score (nSPS) is 14.6. The Morgan fingerprint density at radius 2 is 1.93 bits per heavy atom. The van der Waals surface area contributed by atoms with Crippen LogP contribution in [-0.4, -0.2) is 26.8 Å². The second-order valence-corrected chi connectivity index (χ2v) is 9.43. The Morgan fingerprint density at radius 3 is 2.59 bits per heavy atom. The number of thiophene rings is 1. The standard InChI is InChI=1S/C18H21N3O4S2/c1-11(19-12(2)22)17-7-8-18(26-17)27(24,25)20-15-5-4-6-16-14(15)9-10-21(16)13(3)23/h4-8,11,20H,9-10H2,1-3H3,(H,19,22). The molecule has 0 spiro atoms. The average Bonchev–Trinajstić information content (AvgIpc) is 3.22. The van der Waals surface area contributed by atoms with Gasteiger partial charge in [0.1, 0.15) is 4.21 Å². The lowest BCUT2D eigenvalue weighted by Crippen LogP contribution is -2.25. The third-order valence-corrected chi connectivity index (χ3v) is 7.49. The summed E-state index contributed by atoms with van der Waals surface area (Å²) in [5, 5.41) is 2.74. The van der Waals surface area contributed by atoms with Gasteiger partial charge in [-0.15, -0.1) is 11.3 Å². The Morgan fingerprint density at radius 1 is 1.19 bits per heavy atom. The fourth-order valence-corrected chi connectivity index (χ4v) is 5.56. The highest BCUT2D eigenvalue weighted by Gasteiger charge is 2.27. The van der Waals surface area contributed by atoms with Crippen LogP contribution >= 0.6 is 11.3 Å². The van der Waals surface area contributed by atoms with E-state index in [2.05, 4.69) is 10.0 Å². The van der Waals surface area contributed by atoms with Crippen molar-refractivity contribution in [1.82, 2.24) is 5.32 Å². The fraction of sp³-hybridized carbons (Fsp3) is 0.333. The smallest absolute Gasteiger partial charge is 0.271 e. The molecule has 9 heteroatoms. The molecule has 2 N–H and O–H groups in total. The molecule has 1 aromatic heterocycles. The van der Waals surface area contributed by atoms with Gasteiger partial charge in [0.2, 0.25) is 11.8 Å². The lowest BCUT2D eigenvalue weighted by atomic mass is 10.1. The molecule has 1 unspecified atom stereocenters. The average molecular weight is 408 g/mol. The minimum Gasteiger partial charge on any atom is -0.349 e. The minimum atomic E-state index is -3.76. The second-order valence-electron chi connectivity index (χ2n) is 6.41. The zero-order valence-corrected chi connectivity index (χ0v) is 16.9. The summed E-state index contributed by atoms with van der Waals surface area (Å²) in [4.78, 5) is 25.3. The summed E-state index contributed by atoms with van der Waals surface area (Å²) in [5.74, 6) is -0.239. The first-order valence-electron chi connectivity index (χ1n) is 8.48. The van der Waals surface area contributed by atoms with Gasteiger partial charge in [0.25, 0.3) is 10.0 Å². The number of carbonyl (C=O) groups is 2. The van der Waals surface area contributed by atoms with Crippen LogP contribution in [0.2, 0.25) is 0 Å². The predicted octanol–water partition coefficient (Wildman–Crippen LogP) is 2.66. The van der Waals surface area contributed by atoms with Crippen LogP contribution in [-0.2, 0) is 26.0 Å². The summed E-state index contributed by atoms with van der Waals surface area (Å²) in [6, 6.07) is 8.23. The zero-order valence-electron chi connectivity index (χ0n) is 15.3. The van der Waals surface area contributed by atoms with Gasteiger partial charge in [-0.25, -0.2) is 8.42 Å². The van der Waals surface area contributed by atoms with Crippen LogP contribution in [0.25, 0.3) is 0 Å². The van der Waals surface area contributed by atoms with Crippen molar-refractivity contribution in [1.29, 1.82) is 0 Å². The summed E-state index contributed by atoms with van der Waals surface area (Å²) in [6.45, 7) is 5.26. The molecular weight excluding hydrogens is 386 g/mol. The Bertz CT molecular complexity index is 998. The van der Waals surface area contributed by atoms with Crippen LogP contribution in [0.5, 0.6) is 0 Å². The highest BCUT2D eigenvalue weighted by atomic mass is 32.2. The Balaban J connectivity index is 1.85. The highest BCUT2D eigenvalue weighted by Crippen LogP contribution is 2.35. The maximum absolute atomic E-state index is 12.8. The molecule has 0 saturated carbocycles. The van der Waals surface area contributed by atoms with E-state index in [1.165, 1.54) is 19.9 Å². The number of sulfonamides is 1. The van der Waals surface area contributed by atoms with Crippen molar-refractivity contribution in [2.45, 2.75) is 37.4 Å². The molecule has 1 aliphatic heterocycles. The quantitative estimate of drug-likeness (QED) is 0.796. The molecule has 7 nitrogen and oxygen atoms in total. The maximum Gasteiger partial charge on any atom is 0.271 e. The van der Waals surface area contributed by atoms with E-state index in [9.17, 15) is 18.0 Å². The van der Waals surface area contributed by atoms with Crippen molar-refractivity contribution in [2.75, 3.05) is 16.2 Å². The second kappa shape index (κ2) is 7.32. The van der Waals surface area contributed by atoms with Crippen molar-refractivity contribution in [3.63, 3.8) is 0 Å². The van der Waals surface area contributed by atoms with E-state index in [1.807, 2.05) is 6.07 Å². The summed E-state index contributed by atoms with van der Waals surface area (Å²) >= 11 is 1.12. The molecule has 0 aliphatic carbocycles. The molecule has 2 amide bonds. The topological polar surface area (TPSA) is 95.6 Å². The van der Waals surface area contributed by atoms with Gasteiger partial charge in [0.15, 0.2) is 0 Å². The first-order valence-corrected chi connectivity index (χ1v) is 10.8. The molecule has 0 saturated heterocycles. The first kappa shape index (κ1) is 19.4. The van der Waals surface area contributed by atoms with Gasteiger partial charge < -0.3 is 10.2 Å². The molecule has 1 aromatic carbocycles. The number of hydrogen-bond donors (Lipinski definition) is 2. The van der Waals surface area contributed by atoms with Crippen molar-refractivity contribution in [3.8, 4) is 0 Å². The van der Waals surface area contributed by atoms with Crippen LogP contribution in [0.4, 0.5) is 11.4 Å². The molecule has 3 rings (SSSR count). The summed E-state index contributed by atoms with van der Waals surface area (Å²) < 4.78 is 28.4. The van der Waals surface area contributed by atoms with Crippen LogP contribution in [0.15, 0.2) is 34.5 Å². The summed E-state index contributed by atoms with van der Waals surface area (Å²) in [7, 11) is -3.76. The van der Waals surface area contributed by atoms with E-state index in [4.69, 9.17) is 0 Å². The molecule has 0 fully saturated rings. The third-order valence-electron chi connectivity index (χ3n) is 4.37. The minimum absolute atomic E-state index is 0.0661. The molecule has 144 valence electrons. The van der Waals surface area contributed by atoms with Gasteiger partial charge in [-0.3, -0.25) is 14.3 Å². The van der Waals surface area contributed by atoms with Gasteiger partial charge in [-0.1, -0.05) is 6.07 Å². The van der Waals surface area contributed by atoms with Crippen LogP contribution in [0.3, 0.4) is 0 Å². The van der Waals surface area contributed by atoms with Gasteiger partial charge in [-0.05, 0) is 37.6 Å². The number of nitrogens with zero attached hydrogens (tertiary/aromatic N) is 1. The number of benzene rings is 1. The lowest BCUT2D eigenvalue weighted by Gasteiger charge is -2.16. The predicted molar refractivity (Wildman–Crippen MR) is 106 cm³/mol. The molecule has 27 heavy (non-hydrogen) atoms. The SMILES string of the molecule is CC(=O)NC(C)c1ccc(S(=O)(=O)Nc2cccc3c2CCN3C(C)=O)s1. The summed E-state index contributed by atoms with van der Waals surface area (Å²) in [5.41, 5.74) is 2.05. The number of amides is 2. The Labute approximate surface area is 162 Å².